The van der Waals surface area contributed by atoms with Crippen molar-refractivity contribution in [2.45, 2.75) is 18.9 Å². The van der Waals surface area contributed by atoms with E-state index in [2.05, 4.69) is 21.2 Å². The van der Waals surface area contributed by atoms with Crippen molar-refractivity contribution in [1.82, 2.24) is 5.32 Å². The minimum absolute atomic E-state index is 0.236. The molecule has 1 aliphatic rings. The largest absolute Gasteiger partial charge is 0.508 e. The third-order valence-electron chi connectivity index (χ3n) is 2.46. The summed E-state index contributed by atoms with van der Waals surface area (Å²) in [5.74, 6) is 1.04. The number of hydrogen-bond donors (Lipinski definition) is 2. The molecule has 0 amide bonds. The Morgan fingerprint density at radius 1 is 1.47 bits per heavy atom. The third-order valence-corrected chi connectivity index (χ3v) is 3.08. The minimum atomic E-state index is 0.236. The molecule has 0 saturated carbocycles. The molecule has 2 rings (SSSR count). The summed E-state index contributed by atoms with van der Waals surface area (Å²) in [5, 5.41) is 12.5. The van der Waals surface area contributed by atoms with Crippen LogP contribution in [0.3, 0.4) is 0 Å². The number of halogens is 1. The second-order valence-corrected chi connectivity index (χ2v) is 4.56. The second-order valence-electron chi connectivity index (χ2n) is 3.70. The van der Waals surface area contributed by atoms with Crippen LogP contribution in [0.15, 0.2) is 22.7 Å². The zero-order chi connectivity index (χ0) is 10.7. The summed E-state index contributed by atoms with van der Waals surface area (Å²) in [7, 11) is 0. The van der Waals surface area contributed by atoms with Gasteiger partial charge in [0, 0.05) is 6.54 Å². The lowest BCUT2D eigenvalue weighted by atomic mass is 10.1. The number of rotatable bonds is 2. The van der Waals surface area contributed by atoms with E-state index in [4.69, 9.17) is 4.74 Å². The molecule has 1 aromatic rings. The van der Waals surface area contributed by atoms with E-state index in [1.54, 1.807) is 18.2 Å². The van der Waals surface area contributed by atoms with Crippen LogP contribution in [0.4, 0.5) is 0 Å². The summed E-state index contributed by atoms with van der Waals surface area (Å²) in [6, 6.07) is 5.07. The summed E-state index contributed by atoms with van der Waals surface area (Å²) in [6.45, 7) is 1.98. The molecular weight excluding hydrogens is 258 g/mol. The van der Waals surface area contributed by atoms with Crippen LogP contribution in [0.25, 0.3) is 0 Å². The number of piperidine rings is 1. The first-order chi connectivity index (χ1) is 7.25. The maximum absolute atomic E-state index is 9.25. The zero-order valence-corrected chi connectivity index (χ0v) is 9.96. The number of aromatic hydroxyl groups is 1. The van der Waals surface area contributed by atoms with Gasteiger partial charge >= 0.3 is 0 Å². The van der Waals surface area contributed by atoms with Crippen molar-refractivity contribution in [2.75, 3.05) is 13.1 Å². The van der Waals surface area contributed by atoms with Crippen molar-refractivity contribution in [1.29, 1.82) is 0 Å². The molecule has 1 unspecified atom stereocenters. The summed E-state index contributed by atoms with van der Waals surface area (Å²) in [4.78, 5) is 0. The summed E-state index contributed by atoms with van der Waals surface area (Å²) in [5.41, 5.74) is 0. The molecule has 1 fully saturated rings. The van der Waals surface area contributed by atoms with Gasteiger partial charge in [0.15, 0.2) is 0 Å². The van der Waals surface area contributed by atoms with Crippen molar-refractivity contribution in [3.63, 3.8) is 0 Å². The molecule has 3 nitrogen and oxygen atoms in total. The first-order valence-electron chi connectivity index (χ1n) is 5.11. The number of ether oxygens (including phenoxy) is 1. The van der Waals surface area contributed by atoms with Gasteiger partial charge in [-0.15, -0.1) is 0 Å². The van der Waals surface area contributed by atoms with Crippen molar-refractivity contribution in [3.05, 3.63) is 22.7 Å². The highest BCUT2D eigenvalue weighted by atomic mass is 79.9. The number of phenolic OH excluding ortho intramolecular Hbond substituents is 1. The lowest BCUT2D eigenvalue weighted by Gasteiger charge is -2.24. The Labute approximate surface area is 97.6 Å². The minimum Gasteiger partial charge on any atom is -0.508 e. The average Bonchev–Trinajstić information content (AvgIpc) is 2.24. The Hall–Kier alpha value is -0.740. The fourth-order valence-electron chi connectivity index (χ4n) is 1.69. The molecule has 4 heteroatoms. The van der Waals surface area contributed by atoms with Gasteiger partial charge in [-0.05, 0) is 53.5 Å². The quantitative estimate of drug-likeness (QED) is 0.867. The van der Waals surface area contributed by atoms with Crippen LogP contribution in [-0.2, 0) is 0 Å². The molecule has 0 bridgehead atoms. The van der Waals surface area contributed by atoms with Crippen molar-refractivity contribution >= 4 is 15.9 Å². The Balaban J connectivity index is 2.03. The molecule has 15 heavy (non-hydrogen) atoms. The van der Waals surface area contributed by atoms with Gasteiger partial charge in [0.2, 0.25) is 0 Å². The molecule has 1 atom stereocenters. The molecule has 1 aliphatic heterocycles. The molecule has 0 aliphatic carbocycles. The van der Waals surface area contributed by atoms with Crippen LogP contribution in [0, 0.1) is 0 Å². The maximum Gasteiger partial charge on any atom is 0.134 e. The van der Waals surface area contributed by atoms with Crippen molar-refractivity contribution in [3.8, 4) is 11.5 Å². The van der Waals surface area contributed by atoms with Crippen molar-refractivity contribution in [2.24, 2.45) is 0 Å². The molecule has 1 aromatic carbocycles. The van der Waals surface area contributed by atoms with Gasteiger partial charge in [-0.2, -0.15) is 0 Å². The van der Waals surface area contributed by atoms with Gasteiger partial charge in [-0.1, -0.05) is 0 Å². The Morgan fingerprint density at radius 3 is 3.00 bits per heavy atom. The summed E-state index contributed by atoms with van der Waals surface area (Å²) < 4.78 is 6.62. The molecule has 2 N–H and O–H groups in total. The highest BCUT2D eigenvalue weighted by Crippen LogP contribution is 2.29. The average molecular weight is 272 g/mol. The van der Waals surface area contributed by atoms with E-state index >= 15 is 0 Å². The first kappa shape index (κ1) is 10.8. The van der Waals surface area contributed by atoms with Gasteiger partial charge in [0.1, 0.15) is 17.6 Å². The van der Waals surface area contributed by atoms with Gasteiger partial charge in [0.05, 0.1) is 4.47 Å². The number of hydrogen-bond acceptors (Lipinski definition) is 3. The van der Waals surface area contributed by atoms with Crippen LogP contribution in [0.2, 0.25) is 0 Å². The van der Waals surface area contributed by atoms with Crippen LogP contribution < -0.4 is 10.1 Å². The fourth-order valence-corrected chi connectivity index (χ4v) is 2.15. The van der Waals surface area contributed by atoms with Crippen LogP contribution >= 0.6 is 15.9 Å². The SMILES string of the molecule is Oc1ccc(OC2CCCNC2)c(Br)c1. The molecule has 1 saturated heterocycles. The van der Waals surface area contributed by atoms with Crippen LogP contribution in [-0.4, -0.2) is 24.3 Å². The van der Waals surface area contributed by atoms with E-state index in [0.29, 0.717) is 0 Å². The monoisotopic (exact) mass is 271 g/mol. The highest BCUT2D eigenvalue weighted by Gasteiger charge is 2.15. The molecule has 1 heterocycles. The van der Waals surface area contributed by atoms with E-state index in [1.165, 1.54) is 0 Å². The maximum atomic E-state index is 9.25. The number of phenols is 1. The summed E-state index contributed by atoms with van der Waals surface area (Å²) in [6.07, 6.45) is 2.47. The number of benzene rings is 1. The topological polar surface area (TPSA) is 41.5 Å². The van der Waals surface area contributed by atoms with Gasteiger partial charge < -0.3 is 15.2 Å². The van der Waals surface area contributed by atoms with Crippen LogP contribution in [0.5, 0.6) is 11.5 Å². The van der Waals surface area contributed by atoms with Gasteiger partial charge in [0.25, 0.3) is 0 Å². The first-order valence-corrected chi connectivity index (χ1v) is 5.91. The van der Waals surface area contributed by atoms with E-state index in [9.17, 15) is 5.11 Å². The lowest BCUT2D eigenvalue weighted by molar-refractivity contribution is 0.166. The Bertz CT molecular complexity index is 337. The molecule has 0 spiro atoms. The van der Waals surface area contributed by atoms with Crippen LogP contribution in [0.1, 0.15) is 12.8 Å². The normalized spacial score (nSPS) is 21.3. The second kappa shape index (κ2) is 4.86. The van der Waals surface area contributed by atoms with Gasteiger partial charge in [-0.25, -0.2) is 0 Å². The predicted octanol–water partition coefficient (Wildman–Crippen LogP) is 2.29. The van der Waals surface area contributed by atoms with Crippen molar-refractivity contribution < 1.29 is 9.84 Å². The lowest BCUT2D eigenvalue weighted by Crippen LogP contribution is -2.37. The van der Waals surface area contributed by atoms with E-state index in [1.807, 2.05) is 0 Å². The summed E-state index contributed by atoms with van der Waals surface area (Å²) >= 11 is 3.37. The smallest absolute Gasteiger partial charge is 0.134 e. The third kappa shape index (κ3) is 2.86. The van der Waals surface area contributed by atoms with E-state index in [0.717, 1.165) is 36.2 Å². The molecular formula is C11H14BrNO2. The van der Waals surface area contributed by atoms with E-state index in [-0.39, 0.29) is 11.9 Å². The molecule has 0 aromatic heterocycles. The predicted molar refractivity (Wildman–Crippen MR) is 62.3 cm³/mol. The molecule has 82 valence electrons. The Kier molecular flexibility index (Phi) is 3.49. The zero-order valence-electron chi connectivity index (χ0n) is 8.37. The number of nitrogens with one attached hydrogen (secondary N) is 1. The molecule has 0 radical (unpaired) electrons. The standard InChI is InChI=1S/C11H14BrNO2/c12-10-6-8(14)3-4-11(10)15-9-2-1-5-13-7-9/h3-4,6,9,13-14H,1-2,5,7H2. The van der Waals surface area contributed by atoms with E-state index < -0.39 is 0 Å². The van der Waals surface area contributed by atoms with Gasteiger partial charge in [-0.3, -0.25) is 0 Å². The highest BCUT2D eigenvalue weighted by molar-refractivity contribution is 9.10. The fraction of sp³-hybridized carbons (Fsp3) is 0.455. The Morgan fingerprint density at radius 2 is 2.33 bits per heavy atom.